The fourth-order valence-electron chi connectivity index (χ4n) is 2.55. The molecule has 0 saturated heterocycles. The standard InChI is InChI=1S/C21H28N2O4/c1-15-17(22-20(26-15)16-10-7-6-8-11-16)14-18(24)23(5)13-9-12-19(25)27-21(2,3)4/h6-8,10-11H,9,12-14H2,1-5H3. The van der Waals surface area contributed by atoms with Gasteiger partial charge in [0.25, 0.3) is 0 Å². The minimum Gasteiger partial charge on any atom is -0.460 e. The Balaban J connectivity index is 1.86. The summed E-state index contributed by atoms with van der Waals surface area (Å²) < 4.78 is 11.0. The molecule has 0 unspecified atom stereocenters. The lowest BCUT2D eigenvalue weighted by Gasteiger charge is -2.20. The Morgan fingerprint density at radius 1 is 1.19 bits per heavy atom. The van der Waals surface area contributed by atoms with Crippen molar-refractivity contribution in [3.63, 3.8) is 0 Å². The molecule has 6 nitrogen and oxygen atoms in total. The van der Waals surface area contributed by atoms with Crippen molar-refractivity contribution in [2.75, 3.05) is 13.6 Å². The number of aryl methyl sites for hydroxylation is 1. The zero-order valence-corrected chi connectivity index (χ0v) is 16.7. The van der Waals surface area contributed by atoms with E-state index in [0.717, 1.165) is 5.56 Å². The third-order valence-corrected chi connectivity index (χ3v) is 3.95. The van der Waals surface area contributed by atoms with Gasteiger partial charge in [-0.15, -0.1) is 0 Å². The molecule has 0 fully saturated rings. The molecule has 0 N–H and O–H groups in total. The summed E-state index contributed by atoms with van der Waals surface area (Å²) in [6, 6.07) is 9.59. The number of oxazole rings is 1. The van der Waals surface area contributed by atoms with E-state index in [1.807, 2.05) is 58.0 Å². The molecule has 2 aromatic rings. The molecule has 0 bridgehead atoms. The zero-order chi connectivity index (χ0) is 20.0. The zero-order valence-electron chi connectivity index (χ0n) is 16.7. The van der Waals surface area contributed by atoms with E-state index < -0.39 is 5.60 Å². The SMILES string of the molecule is Cc1oc(-c2ccccc2)nc1CC(=O)N(C)CCCC(=O)OC(C)(C)C. The maximum Gasteiger partial charge on any atom is 0.306 e. The van der Waals surface area contributed by atoms with Gasteiger partial charge in [0.15, 0.2) is 0 Å². The van der Waals surface area contributed by atoms with Gasteiger partial charge in [-0.3, -0.25) is 9.59 Å². The van der Waals surface area contributed by atoms with Crippen LogP contribution in [0.2, 0.25) is 0 Å². The van der Waals surface area contributed by atoms with Gasteiger partial charge in [-0.2, -0.15) is 0 Å². The van der Waals surface area contributed by atoms with E-state index in [4.69, 9.17) is 9.15 Å². The first-order valence-corrected chi connectivity index (χ1v) is 9.13. The van der Waals surface area contributed by atoms with Crippen LogP contribution in [0.3, 0.4) is 0 Å². The lowest BCUT2D eigenvalue weighted by Crippen LogP contribution is -2.30. The molecule has 0 aliphatic carbocycles. The summed E-state index contributed by atoms with van der Waals surface area (Å²) in [5.74, 6) is 0.853. The molecule has 0 aliphatic rings. The number of hydrogen-bond acceptors (Lipinski definition) is 5. The van der Waals surface area contributed by atoms with E-state index in [1.165, 1.54) is 0 Å². The number of hydrogen-bond donors (Lipinski definition) is 0. The number of rotatable bonds is 7. The van der Waals surface area contributed by atoms with Crippen molar-refractivity contribution in [1.82, 2.24) is 9.88 Å². The van der Waals surface area contributed by atoms with Gasteiger partial charge in [-0.1, -0.05) is 18.2 Å². The molecule has 1 aromatic carbocycles. The Morgan fingerprint density at radius 2 is 1.85 bits per heavy atom. The Labute approximate surface area is 160 Å². The topological polar surface area (TPSA) is 72.6 Å². The highest BCUT2D eigenvalue weighted by molar-refractivity contribution is 5.78. The summed E-state index contributed by atoms with van der Waals surface area (Å²) in [5.41, 5.74) is 1.03. The van der Waals surface area contributed by atoms with Crippen LogP contribution in [-0.4, -0.2) is 41.0 Å². The smallest absolute Gasteiger partial charge is 0.306 e. The van der Waals surface area contributed by atoms with E-state index >= 15 is 0 Å². The molecular weight excluding hydrogens is 344 g/mol. The van der Waals surface area contributed by atoms with Crippen molar-refractivity contribution in [1.29, 1.82) is 0 Å². The maximum atomic E-state index is 12.4. The highest BCUT2D eigenvalue weighted by Crippen LogP contribution is 2.22. The Kier molecular flexibility index (Phi) is 6.77. The highest BCUT2D eigenvalue weighted by atomic mass is 16.6. The number of carbonyl (C=O) groups excluding carboxylic acids is 2. The van der Waals surface area contributed by atoms with Gasteiger partial charge in [0, 0.05) is 25.6 Å². The monoisotopic (exact) mass is 372 g/mol. The average Bonchev–Trinajstić information content (AvgIpc) is 2.94. The fraction of sp³-hybridized carbons (Fsp3) is 0.476. The van der Waals surface area contributed by atoms with Gasteiger partial charge in [-0.05, 0) is 46.2 Å². The van der Waals surface area contributed by atoms with Crippen LogP contribution in [0.4, 0.5) is 0 Å². The molecule has 0 saturated carbocycles. The van der Waals surface area contributed by atoms with Gasteiger partial charge >= 0.3 is 5.97 Å². The van der Waals surface area contributed by atoms with Crippen molar-refractivity contribution in [2.45, 2.75) is 52.6 Å². The molecule has 1 heterocycles. The average molecular weight is 372 g/mol. The Hall–Kier alpha value is -2.63. The predicted molar refractivity (Wildman–Crippen MR) is 103 cm³/mol. The molecule has 146 valence electrons. The second kappa shape index (κ2) is 8.84. The third-order valence-electron chi connectivity index (χ3n) is 3.95. The first kappa shape index (κ1) is 20.7. The molecule has 2 rings (SSSR count). The largest absolute Gasteiger partial charge is 0.460 e. The van der Waals surface area contributed by atoms with E-state index in [2.05, 4.69) is 4.98 Å². The van der Waals surface area contributed by atoms with Crippen LogP contribution in [0.15, 0.2) is 34.7 Å². The minimum atomic E-state index is -0.486. The van der Waals surface area contributed by atoms with Crippen molar-refractivity contribution in [2.24, 2.45) is 0 Å². The second-order valence-electron chi connectivity index (χ2n) is 7.57. The predicted octanol–water partition coefficient (Wildman–Crippen LogP) is 3.77. The molecule has 0 aliphatic heterocycles. The van der Waals surface area contributed by atoms with Crippen LogP contribution in [0.25, 0.3) is 11.5 Å². The van der Waals surface area contributed by atoms with Crippen LogP contribution in [0, 0.1) is 6.92 Å². The molecule has 6 heteroatoms. The molecule has 0 spiro atoms. The van der Waals surface area contributed by atoms with Gasteiger partial charge in [0.2, 0.25) is 11.8 Å². The van der Waals surface area contributed by atoms with Crippen LogP contribution in [-0.2, 0) is 20.7 Å². The van der Waals surface area contributed by atoms with Crippen LogP contribution in [0.5, 0.6) is 0 Å². The Bertz CT molecular complexity index is 775. The van der Waals surface area contributed by atoms with Crippen molar-refractivity contribution in [3.8, 4) is 11.5 Å². The molecular formula is C21H28N2O4. The summed E-state index contributed by atoms with van der Waals surface area (Å²) in [7, 11) is 1.73. The number of likely N-dealkylation sites (N-methyl/N-ethyl adjacent to an activating group) is 1. The summed E-state index contributed by atoms with van der Waals surface area (Å²) in [6.07, 6.45) is 1.02. The number of ether oxygens (including phenoxy) is 1. The normalized spacial score (nSPS) is 11.3. The third kappa shape index (κ3) is 6.55. The van der Waals surface area contributed by atoms with Gasteiger partial charge < -0.3 is 14.1 Å². The summed E-state index contributed by atoms with van der Waals surface area (Å²) >= 11 is 0. The first-order chi connectivity index (χ1) is 12.7. The second-order valence-corrected chi connectivity index (χ2v) is 7.57. The number of amides is 1. The lowest BCUT2D eigenvalue weighted by molar-refractivity contribution is -0.155. The van der Waals surface area contributed by atoms with Crippen molar-refractivity contribution < 1.29 is 18.7 Å². The number of esters is 1. The van der Waals surface area contributed by atoms with E-state index in [-0.39, 0.29) is 24.7 Å². The molecule has 0 atom stereocenters. The fourth-order valence-corrected chi connectivity index (χ4v) is 2.55. The first-order valence-electron chi connectivity index (χ1n) is 9.13. The number of nitrogens with zero attached hydrogens (tertiary/aromatic N) is 2. The summed E-state index contributed by atoms with van der Waals surface area (Å²) in [6.45, 7) is 7.81. The van der Waals surface area contributed by atoms with E-state index in [1.54, 1.807) is 11.9 Å². The summed E-state index contributed by atoms with van der Waals surface area (Å²) in [4.78, 5) is 30.3. The molecule has 1 aromatic heterocycles. The van der Waals surface area contributed by atoms with Crippen molar-refractivity contribution in [3.05, 3.63) is 41.8 Å². The number of benzene rings is 1. The van der Waals surface area contributed by atoms with Crippen LogP contribution in [0.1, 0.15) is 45.1 Å². The van der Waals surface area contributed by atoms with E-state index in [9.17, 15) is 9.59 Å². The highest BCUT2D eigenvalue weighted by Gasteiger charge is 2.19. The Morgan fingerprint density at radius 3 is 2.48 bits per heavy atom. The van der Waals surface area contributed by atoms with Gasteiger partial charge in [0.1, 0.15) is 11.4 Å². The van der Waals surface area contributed by atoms with E-state index in [0.29, 0.717) is 30.3 Å². The van der Waals surface area contributed by atoms with Crippen LogP contribution >= 0.6 is 0 Å². The number of carbonyl (C=O) groups is 2. The lowest BCUT2D eigenvalue weighted by atomic mass is 10.2. The molecule has 27 heavy (non-hydrogen) atoms. The minimum absolute atomic E-state index is 0.0600. The molecule has 1 amide bonds. The summed E-state index contributed by atoms with van der Waals surface area (Å²) in [5, 5.41) is 0. The van der Waals surface area contributed by atoms with Crippen molar-refractivity contribution >= 4 is 11.9 Å². The van der Waals surface area contributed by atoms with Gasteiger partial charge in [-0.25, -0.2) is 4.98 Å². The maximum absolute atomic E-state index is 12.4. The van der Waals surface area contributed by atoms with Crippen LogP contribution < -0.4 is 0 Å². The number of aromatic nitrogens is 1. The molecule has 0 radical (unpaired) electrons. The van der Waals surface area contributed by atoms with Gasteiger partial charge in [0.05, 0.1) is 12.1 Å². The quantitative estimate of drug-likeness (QED) is 0.692.